The van der Waals surface area contributed by atoms with Crippen molar-refractivity contribution in [1.82, 2.24) is 4.57 Å². The Morgan fingerprint density at radius 3 is 2.43 bits per heavy atom. The summed E-state index contributed by atoms with van der Waals surface area (Å²) in [7, 11) is 0. The lowest BCUT2D eigenvalue weighted by atomic mass is 10.1. The highest BCUT2D eigenvalue weighted by atomic mass is 16.4. The van der Waals surface area contributed by atoms with E-state index < -0.39 is 11.9 Å². The zero-order valence-corrected chi connectivity index (χ0v) is 11.7. The number of aromatic carboxylic acids is 1. The second-order valence-corrected chi connectivity index (χ2v) is 4.88. The van der Waals surface area contributed by atoms with Crippen molar-refractivity contribution in [2.24, 2.45) is 5.73 Å². The van der Waals surface area contributed by atoms with Crippen molar-refractivity contribution in [2.75, 3.05) is 0 Å². The van der Waals surface area contributed by atoms with Gasteiger partial charge in [-0.1, -0.05) is 30.3 Å². The molecular weight excluding hydrogens is 268 g/mol. The number of nitrogens with two attached hydrogens (primary N) is 1. The Kier molecular flexibility index (Phi) is 4.77. The first kappa shape index (κ1) is 14.8. The lowest BCUT2D eigenvalue weighted by Crippen LogP contribution is -2.15. The summed E-state index contributed by atoms with van der Waals surface area (Å²) in [6.45, 7) is 0.409. The quantitative estimate of drug-likeness (QED) is 0.814. The number of nitrogens with zero attached hydrogens (tertiary/aromatic N) is 1. The average Bonchev–Trinajstić information content (AvgIpc) is 2.87. The molecule has 1 amide bonds. The predicted molar refractivity (Wildman–Crippen MR) is 79.1 cm³/mol. The van der Waals surface area contributed by atoms with Gasteiger partial charge in [0.2, 0.25) is 5.91 Å². The molecule has 2 aromatic rings. The number of carboxylic acid groups (broad SMARTS) is 1. The molecule has 3 N–H and O–H groups in total. The third-order valence-corrected chi connectivity index (χ3v) is 3.40. The van der Waals surface area contributed by atoms with E-state index in [1.807, 2.05) is 30.3 Å². The minimum Gasteiger partial charge on any atom is -0.478 e. The van der Waals surface area contributed by atoms with Crippen LogP contribution in [0.25, 0.3) is 0 Å². The van der Waals surface area contributed by atoms with Crippen LogP contribution in [0.15, 0.2) is 42.6 Å². The molecular formula is C16H18N2O3. The molecule has 21 heavy (non-hydrogen) atoms. The molecule has 0 fully saturated rings. The second-order valence-electron chi connectivity index (χ2n) is 4.88. The molecule has 0 aliphatic carbocycles. The lowest BCUT2D eigenvalue weighted by Gasteiger charge is -2.10. The summed E-state index contributed by atoms with van der Waals surface area (Å²) in [4.78, 5) is 22.2. The standard InChI is InChI=1S/C16H18N2O3/c17-15(19)9-11-18-10-8-13(16(20)21)14(18)7-6-12-4-2-1-3-5-12/h1-5,8,10H,6-7,9,11H2,(H2,17,19)(H,20,21). The van der Waals surface area contributed by atoms with E-state index in [1.165, 1.54) is 0 Å². The maximum Gasteiger partial charge on any atom is 0.337 e. The summed E-state index contributed by atoms with van der Waals surface area (Å²) in [5.41, 5.74) is 7.32. The Morgan fingerprint density at radius 1 is 1.10 bits per heavy atom. The summed E-state index contributed by atoms with van der Waals surface area (Å²) >= 11 is 0. The maximum absolute atomic E-state index is 11.3. The van der Waals surface area contributed by atoms with E-state index in [0.29, 0.717) is 13.0 Å². The first-order valence-electron chi connectivity index (χ1n) is 6.81. The van der Waals surface area contributed by atoms with E-state index in [1.54, 1.807) is 16.8 Å². The first-order chi connectivity index (χ1) is 10.1. The largest absolute Gasteiger partial charge is 0.478 e. The highest BCUT2D eigenvalue weighted by Crippen LogP contribution is 2.15. The first-order valence-corrected chi connectivity index (χ1v) is 6.81. The number of hydrogen-bond acceptors (Lipinski definition) is 2. The number of benzene rings is 1. The minimum atomic E-state index is -0.948. The SMILES string of the molecule is NC(=O)CCn1ccc(C(=O)O)c1CCc1ccccc1. The van der Waals surface area contributed by atoms with Crippen molar-refractivity contribution >= 4 is 11.9 Å². The smallest absolute Gasteiger partial charge is 0.337 e. The molecule has 1 aromatic heterocycles. The fraction of sp³-hybridized carbons (Fsp3) is 0.250. The molecule has 1 aromatic carbocycles. The summed E-state index contributed by atoms with van der Waals surface area (Å²) in [5.74, 6) is -1.34. The van der Waals surface area contributed by atoms with E-state index in [2.05, 4.69) is 0 Å². The molecule has 5 nitrogen and oxygen atoms in total. The van der Waals surface area contributed by atoms with Gasteiger partial charge in [0.25, 0.3) is 0 Å². The zero-order chi connectivity index (χ0) is 15.2. The van der Waals surface area contributed by atoms with Crippen molar-refractivity contribution < 1.29 is 14.7 Å². The van der Waals surface area contributed by atoms with Gasteiger partial charge in [0, 0.05) is 24.9 Å². The number of amides is 1. The van der Waals surface area contributed by atoms with Crippen LogP contribution >= 0.6 is 0 Å². The second kappa shape index (κ2) is 6.74. The van der Waals surface area contributed by atoms with Crippen LogP contribution in [0.1, 0.15) is 28.0 Å². The van der Waals surface area contributed by atoms with Crippen LogP contribution in [0, 0.1) is 0 Å². The maximum atomic E-state index is 11.3. The topological polar surface area (TPSA) is 85.3 Å². The molecule has 0 saturated carbocycles. The molecule has 0 radical (unpaired) electrons. The fourth-order valence-electron chi connectivity index (χ4n) is 2.33. The van der Waals surface area contributed by atoms with Crippen LogP contribution in [-0.2, 0) is 24.2 Å². The molecule has 0 aliphatic rings. The van der Waals surface area contributed by atoms with Gasteiger partial charge in [-0.25, -0.2) is 4.79 Å². The van der Waals surface area contributed by atoms with Crippen molar-refractivity contribution in [2.45, 2.75) is 25.8 Å². The molecule has 5 heteroatoms. The van der Waals surface area contributed by atoms with Crippen molar-refractivity contribution in [3.8, 4) is 0 Å². The van der Waals surface area contributed by atoms with Gasteiger partial charge in [-0.05, 0) is 24.5 Å². The number of aryl methyl sites for hydroxylation is 2. The van der Waals surface area contributed by atoms with Gasteiger partial charge >= 0.3 is 5.97 Å². The molecule has 110 valence electrons. The van der Waals surface area contributed by atoms with Gasteiger partial charge in [0.05, 0.1) is 5.56 Å². The molecule has 1 heterocycles. The summed E-state index contributed by atoms with van der Waals surface area (Å²) in [6, 6.07) is 11.5. The van der Waals surface area contributed by atoms with Crippen LogP contribution in [0.5, 0.6) is 0 Å². The monoisotopic (exact) mass is 286 g/mol. The molecule has 0 spiro atoms. The number of carbonyl (C=O) groups excluding carboxylic acids is 1. The van der Waals surface area contributed by atoms with E-state index in [9.17, 15) is 14.7 Å². The van der Waals surface area contributed by atoms with Crippen molar-refractivity contribution in [3.05, 3.63) is 59.4 Å². The fourth-order valence-corrected chi connectivity index (χ4v) is 2.33. The van der Waals surface area contributed by atoms with Crippen LogP contribution in [0.2, 0.25) is 0 Å². The van der Waals surface area contributed by atoms with Gasteiger partial charge < -0.3 is 15.4 Å². The number of carboxylic acids is 1. The number of rotatable bonds is 7. The molecule has 0 atom stereocenters. The highest BCUT2D eigenvalue weighted by molar-refractivity contribution is 5.89. The normalized spacial score (nSPS) is 10.5. The van der Waals surface area contributed by atoms with E-state index in [-0.39, 0.29) is 12.0 Å². The van der Waals surface area contributed by atoms with Gasteiger partial charge in [-0.3, -0.25) is 4.79 Å². The Balaban J connectivity index is 2.16. The Labute approximate surface area is 123 Å². The van der Waals surface area contributed by atoms with Gasteiger partial charge in [-0.2, -0.15) is 0 Å². The van der Waals surface area contributed by atoms with Crippen molar-refractivity contribution in [3.63, 3.8) is 0 Å². The van der Waals surface area contributed by atoms with Gasteiger partial charge in [-0.15, -0.1) is 0 Å². The van der Waals surface area contributed by atoms with E-state index >= 15 is 0 Å². The molecule has 2 rings (SSSR count). The summed E-state index contributed by atoms with van der Waals surface area (Å²) in [6.07, 6.45) is 3.26. The molecule has 0 aliphatic heterocycles. The Morgan fingerprint density at radius 2 is 1.81 bits per heavy atom. The third kappa shape index (κ3) is 3.95. The summed E-state index contributed by atoms with van der Waals surface area (Å²) < 4.78 is 1.80. The van der Waals surface area contributed by atoms with E-state index in [4.69, 9.17) is 5.73 Å². The molecule has 0 saturated heterocycles. The highest BCUT2D eigenvalue weighted by Gasteiger charge is 2.15. The number of primary amides is 1. The Hall–Kier alpha value is -2.56. The number of hydrogen-bond donors (Lipinski definition) is 2. The van der Waals surface area contributed by atoms with Gasteiger partial charge in [0.1, 0.15) is 0 Å². The van der Waals surface area contributed by atoms with Gasteiger partial charge in [0.15, 0.2) is 0 Å². The lowest BCUT2D eigenvalue weighted by molar-refractivity contribution is -0.118. The summed E-state index contributed by atoms with van der Waals surface area (Å²) in [5, 5.41) is 9.25. The predicted octanol–water partition coefficient (Wildman–Crippen LogP) is 1.85. The average molecular weight is 286 g/mol. The van der Waals surface area contributed by atoms with Crippen LogP contribution in [0.4, 0.5) is 0 Å². The van der Waals surface area contributed by atoms with Crippen LogP contribution in [-0.4, -0.2) is 21.6 Å². The Bertz CT molecular complexity index is 632. The number of carbonyl (C=O) groups is 2. The molecule has 0 bridgehead atoms. The van der Waals surface area contributed by atoms with Crippen LogP contribution < -0.4 is 5.73 Å². The van der Waals surface area contributed by atoms with Crippen LogP contribution in [0.3, 0.4) is 0 Å². The molecule has 0 unspecified atom stereocenters. The third-order valence-electron chi connectivity index (χ3n) is 3.40. The number of aromatic nitrogens is 1. The minimum absolute atomic E-state index is 0.200. The zero-order valence-electron chi connectivity index (χ0n) is 11.7. The van der Waals surface area contributed by atoms with E-state index in [0.717, 1.165) is 17.7 Å². The van der Waals surface area contributed by atoms with Crippen molar-refractivity contribution in [1.29, 1.82) is 0 Å².